The Morgan fingerprint density at radius 1 is 1.35 bits per heavy atom. The van der Waals surface area contributed by atoms with Crippen molar-refractivity contribution in [3.05, 3.63) is 29.8 Å². The van der Waals surface area contributed by atoms with Gasteiger partial charge in [0.25, 0.3) is 5.91 Å². The molecule has 0 unspecified atom stereocenters. The van der Waals surface area contributed by atoms with Crippen LogP contribution in [0.5, 0.6) is 0 Å². The Hall–Kier alpha value is -1.84. The number of anilines is 1. The van der Waals surface area contributed by atoms with Crippen molar-refractivity contribution in [2.24, 2.45) is 5.92 Å². The summed E-state index contributed by atoms with van der Waals surface area (Å²) in [6, 6.07) is 6.95. The van der Waals surface area contributed by atoms with Crippen LogP contribution < -0.4 is 10.6 Å². The number of benzene rings is 1. The fourth-order valence-corrected chi connectivity index (χ4v) is 1.60. The lowest BCUT2D eigenvalue weighted by molar-refractivity contribution is -0.114. The quantitative estimate of drug-likeness (QED) is 0.831. The van der Waals surface area contributed by atoms with Gasteiger partial charge < -0.3 is 10.6 Å². The molecular formula is C13H16N2O2. The normalized spacial score (nSPS) is 14.2. The van der Waals surface area contributed by atoms with Gasteiger partial charge in [-0.25, -0.2) is 0 Å². The molecular weight excluding hydrogens is 216 g/mol. The second-order valence-electron chi connectivity index (χ2n) is 4.42. The average molecular weight is 232 g/mol. The molecule has 2 rings (SSSR count). The van der Waals surface area contributed by atoms with Crippen molar-refractivity contribution >= 4 is 17.5 Å². The summed E-state index contributed by atoms with van der Waals surface area (Å²) in [6.45, 7) is 2.20. The van der Waals surface area contributed by atoms with Gasteiger partial charge in [-0.2, -0.15) is 0 Å². The van der Waals surface area contributed by atoms with Crippen LogP contribution in [0.25, 0.3) is 0 Å². The maximum Gasteiger partial charge on any atom is 0.251 e. The summed E-state index contributed by atoms with van der Waals surface area (Å²) in [5.41, 5.74) is 1.23. The van der Waals surface area contributed by atoms with Crippen molar-refractivity contribution in [3.8, 4) is 0 Å². The van der Waals surface area contributed by atoms with E-state index >= 15 is 0 Å². The van der Waals surface area contributed by atoms with Crippen LogP contribution in [0.1, 0.15) is 30.1 Å². The molecule has 1 aromatic carbocycles. The fraction of sp³-hybridized carbons (Fsp3) is 0.385. The average Bonchev–Trinajstić information content (AvgIpc) is 3.09. The third kappa shape index (κ3) is 3.59. The Labute approximate surface area is 100 Å². The highest BCUT2D eigenvalue weighted by atomic mass is 16.2. The summed E-state index contributed by atoms with van der Waals surface area (Å²) in [5, 5.41) is 5.55. The van der Waals surface area contributed by atoms with Crippen LogP contribution in [0.4, 0.5) is 5.69 Å². The zero-order chi connectivity index (χ0) is 12.3. The van der Waals surface area contributed by atoms with Crippen molar-refractivity contribution in [1.29, 1.82) is 0 Å². The van der Waals surface area contributed by atoms with E-state index in [2.05, 4.69) is 10.6 Å². The van der Waals surface area contributed by atoms with Gasteiger partial charge in [-0.05, 0) is 37.0 Å². The number of carbonyl (C=O) groups excluding carboxylic acids is 2. The molecule has 1 fully saturated rings. The van der Waals surface area contributed by atoms with Crippen molar-refractivity contribution in [2.75, 3.05) is 11.9 Å². The largest absolute Gasteiger partial charge is 0.352 e. The first kappa shape index (κ1) is 11.6. The van der Waals surface area contributed by atoms with Gasteiger partial charge in [-0.3, -0.25) is 9.59 Å². The van der Waals surface area contributed by atoms with Crippen LogP contribution in [-0.4, -0.2) is 18.4 Å². The lowest BCUT2D eigenvalue weighted by Crippen LogP contribution is -2.25. The summed E-state index contributed by atoms with van der Waals surface area (Å²) >= 11 is 0. The second-order valence-corrected chi connectivity index (χ2v) is 4.42. The topological polar surface area (TPSA) is 58.2 Å². The first-order valence-electron chi connectivity index (χ1n) is 5.81. The van der Waals surface area contributed by atoms with E-state index in [9.17, 15) is 9.59 Å². The Bertz CT molecular complexity index is 439. The van der Waals surface area contributed by atoms with Crippen molar-refractivity contribution in [3.63, 3.8) is 0 Å². The van der Waals surface area contributed by atoms with Crippen LogP contribution >= 0.6 is 0 Å². The Kier molecular flexibility index (Phi) is 3.42. The molecule has 0 aliphatic heterocycles. The molecule has 0 radical (unpaired) electrons. The fourth-order valence-electron chi connectivity index (χ4n) is 1.60. The summed E-state index contributed by atoms with van der Waals surface area (Å²) in [4.78, 5) is 22.7. The minimum Gasteiger partial charge on any atom is -0.352 e. The number of hydrogen-bond donors (Lipinski definition) is 2. The highest BCUT2D eigenvalue weighted by Gasteiger charge is 2.21. The molecule has 0 heterocycles. The van der Waals surface area contributed by atoms with Crippen molar-refractivity contribution in [2.45, 2.75) is 19.8 Å². The lowest BCUT2D eigenvalue weighted by atomic mass is 10.2. The van der Waals surface area contributed by atoms with Crippen molar-refractivity contribution < 1.29 is 9.59 Å². The van der Waals surface area contributed by atoms with Crippen LogP contribution in [0.3, 0.4) is 0 Å². The molecule has 0 bridgehead atoms. The van der Waals surface area contributed by atoms with E-state index in [0.717, 1.165) is 6.54 Å². The summed E-state index contributed by atoms with van der Waals surface area (Å²) in [7, 11) is 0. The lowest BCUT2D eigenvalue weighted by Gasteiger charge is -2.06. The monoisotopic (exact) mass is 232 g/mol. The molecule has 2 N–H and O–H groups in total. The van der Waals surface area contributed by atoms with Crippen LogP contribution in [-0.2, 0) is 4.79 Å². The van der Waals surface area contributed by atoms with Crippen LogP contribution in [0, 0.1) is 5.92 Å². The Morgan fingerprint density at radius 2 is 2.12 bits per heavy atom. The minimum atomic E-state index is -0.138. The smallest absolute Gasteiger partial charge is 0.251 e. The third-order valence-electron chi connectivity index (χ3n) is 2.69. The summed E-state index contributed by atoms with van der Waals surface area (Å²) in [5.74, 6) is 0.446. The number of hydrogen-bond acceptors (Lipinski definition) is 2. The maximum absolute atomic E-state index is 11.8. The highest BCUT2D eigenvalue weighted by Crippen LogP contribution is 2.27. The first-order valence-corrected chi connectivity index (χ1v) is 5.81. The first-order chi connectivity index (χ1) is 8.15. The van der Waals surface area contributed by atoms with E-state index in [1.54, 1.807) is 24.3 Å². The van der Waals surface area contributed by atoms with Crippen molar-refractivity contribution in [1.82, 2.24) is 5.32 Å². The molecule has 90 valence electrons. The number of nitrogens with one attached hydrogen (secondary N) is 2. The maximum atomic E-state index is 11.8. The SMILES string of the molecule is CC(=O)Nc1cccc(C(=O)NCC2CC2)c1. The van der Waals surface area contributed by atoms with Gasteiger partial charge in [-0.1, -0.05) is 6.07 Å². The predicted molar refractivity (Wildman–Crippen MR) is 65.8 cm³/mol. The third-order valence-corrected chi connectivity index (χ3v) is 2.69. The van der Waals surface area contributed by atoms with E-state index in [4.69, 9.17) is 0 Å². The molecule has 1 aliphatic rings. The molecule has 0 aromatic heterocycles. The molecule has 4 heteroatoms. The minimum absolute atomic E-state index is 0.0795. The van der Waals surface area contributed by atoms with Gasteiger partial charge in [0, 0.05) is 24.7 Å². The van der Waals surface area contributed by atoms with Gasteiger partial charge in [0.1, 0.15) is 0 Å². The van der Waals surface area contributed by atoms with E-state index in [1.807, 2.05) is 0 Å². The highest BCUT2D eigenvalue weighted by molar-refractivity contribution is 5.96. The Balaban J connectivity index is 1.98. The molecule has 1 aliphatic carbocycles. The molecule has 0 spiro atoms. The molecule has 1 aromatic rings. The standard InChI is InChI=1S/C13H16N2O2/c1-9(16)15-12-4-2-3-11(7-12)13(17)14-8-10-5-6-10/h2-4,7,10H,5-6,8H2,1H3,(H,14,17)(H,15,16). The van der Waals surface area contributed by atoms with Gasteiger partial charge >= 0.3 is 0 Å². The number of carbonyl (C=O) groups is 2. The molecule has 4 nitrogen and oxygen atoms in total. The molecule has 0 atom stereocenters. The van der Waals surface area contributed by atoms with E-state index < -0.39 is 0 Å². The summed E-state index contributed by atoms with van der Waals surface area (Å²) in [6.07, 6.45) is 2.43. The number of amides is 2. The van der Waals surface area contributed by atoms with Gasteiger partial charge in [-0.15, -0.1) is 0 Å². The van der Waals surface area contributed by atoms with Gasteiger partial charge in [0.15, 0.2) is 0 Å². The molecule has 1 saturated carbocycles. The second kappa shape index (κ2) is 4.99. The zero-order valence-corrected chi connectivity index (χ0v) is 9.82. The van der Waals surface area contributed by atoms with E-state index in [-0.39, 0.29) is 11.8 Å². The van der Waals surface area contributed by atoms with Gasteiger partial charge in [0.05, 0.1) is 0 Å². The van der Waals surface area contributed by atoms with Gasteiger partial charge in [0.2, 0.25) is 5.91 Å². The molecule has 17 heavy (non-hydrogen) atoms. The van der Waals surface area contributed by atoms with E-state index in [0.29, 0.717) is 17.2 Å². The van der Waals surface area contributed by atoms with Crippen LogP contribution in [0.2, 0.25) is 0 Å². The Morgan fingerprint density at radius 3 is 2.76 bits per heavy atom. The molecule has 2 amide bonds. The predicted octanol–water partition coefficient (Wildman–Crippen LogP) is 1.78. The molecule has 0 saturated heterocycles. The number of rotatable bonds is 4. The zero-order valence-electron chi connectivity index (χ0n) is 9.82. The van der Waals surface area contributed by atoms with Crippen LogP contribution in [0.15, 0.2) is 24.3 Å². The summed E-state index contributed by atoms with van der Waals surface area (Å²) < 4.78 is 0. The van der Waals surface area contributed by atoms with E-state index in [1.165, 1.54) is 19.8 Å².